The molecule has 1 unspecified atom stereocenters. The van der Waals surface area contributed by atoms with Crippen LogP contribution < -0.4 is 5.56 Å². The number of benzene rings is 2. The molecule has 9 heteroatoms. The molecule has 0 saturated carbocycles. The molecular formula is C23H27ClN4O3S. The highest BCUT2D eigenvalue weighted by molar-refractivity contribution is 7.89. The summed E-state index contributed by atoms with van der Waals surface area (Å²) in [5.74, 6) is 0.683. The van der Waals surface area contributed by atoms with Crippen LogP contribution in [0.15, 0.2) is 52.2 Å². The molecule has 1 aliphatic heterocycles. The zero-order valence-corrected chi connectivity index (χ0v) is 20.0. The summed E-state index contributed by atoms with van der Waals surface area (Å²) in [5, 5.41) is 1.01. The van der Waals surface area contributed by atoms with Gasteiger partial charge in [-0.2, -0.15) is 4.31 Å². The summed E-state index contributed by atoms with van der Waals surface area (Å²) in [6.07, 6.45) is 0. The molecule has 1 fully saturated rings. The Kier molecular flexibility index (Phi) is 6.40. The molecule has 4 rings (SSSR count). The molecule has 3 aromatic rings. The standard InChI is InChI=1S/C23H27ClN4O3S/c1-4-28-22(25-21-10-7-18(24)15-20(21)23(28)29)17(3)26-11-13-27(14-12-26)32(30,31)19-8-5-16(2)6-9-19/h5-10,15,17H,4,11-14H2,1-3H3. The van der Waals surface area contributed by atoms with Crippen LogP contribution in [0.1, 0.15) is 31.3 Å². The number of hydrogen-bond acceptors (Lipinski definition) is 5. The summed E-state index contributed by atoms with van der Waals surface area (Å²) in [6.45, 7) is 8.26. The first-order valence-electron chi connectivity index (χ1n) is 10.7. The van der Waals surface area contributed by atoms with E-state index in [1.54, 1.807) is 34.9 Å². The van der Waals surface area contributed by atoms with Gasteiger partial charge >= 0.3 is 0 Å². The molecule has 0 amide bonds. The minimum atomic E-state index is -3.52. The van der Waals surface area contributed by atoms with E-state index in [4.69, 9.17) is 16.6 Å². The Labute approximate surface area is 193 Å². The van der Waals surface area contributed by atoms with E-state index in [2.05, 4.69) is 4.90 Å². The molecule has 1 saturated heterocycles. The van der Waals surface area contributed by atoms with Crippen LogP contribution in [0.5, 0.6) is 0 Å². The van der Waals surface area contributed by atoms with Crippen LogP contribution in [-0.2, 0) is 16.6 Å². The molecule has 1 atom stereocenters. The van der Waals surface area contributed by atoms with Gasteiger partial charge in [-0.1, -0.05) is 29.3 Å². The second-order valence-corrected chi connectivity index (χ2v) is 10.5. The molecule has 170 valence electrons. The molecule has 0 bridgehead atoms. The predicted molar refractivity (Wildman–Crippen MR) is 127 cm³/mol. The van der Waals surface area contributed by atoms with E-state index in [1.807, 2.05) is 32.9 Å². The summed E-state index contributed by atoms with van der Waals surface area (Å²) in [4.78, 5) is 20.3. The minimum Gasteiger partial charge on any atom is -0.295 e. The fourth-order valence-corrected chi connectivity index (χ4v) is 5.78. The fourth-order valence-electron chi connectivity index (χ4n) is 4.19. The average Bonchev–Trinajstić information content (AvgIpc) is 2.79. The zero-order chi connectivity index (χ0) is 23.0. The van der Waals surface area contributed by atoms with Crippen molar-refractivity contribution in [3.8, 4) is 0 Å². The number of halogens is 1. The van der Waals surface area contributed by atoms with Gasteiger partial charge in [0.25, 0.3) is 5.56 Å². The van der Waals surface area contributed by atoms with Crippen LogP contribution in [0.25, 0.3) is 10.9 Å². The molecule has 0 N–H and O–H groups in total. The zero-order valence-electron chi connectivity index (χ0n) is 18.5. The first kappa shape index (κ1) is 22.9. The highest BCUT2D eigenvalue weighted by Crippen LogP contribution is 2.25. The Bertz CT molecular complexity index is 1300. The van der Waals surface area contributed by atoms with Gasteiger partial charge in [0.15, 0.2) is 0 Å². The predicted octanol–water partition coefficient (Wildman–Crippen LogP) is 3.45. The SMILES string of the molecule is CCn1c(C(C)N2CCN(S(=O)(=O)c3ccc(C)cc3)CC2)nc2ccc(Cl)cc2c1=O. The summed E-state index contributed by atoms with van der Waals surface area (Å²) < 4.78 is 29.2. The van der Waals surface area contributed by atoms with Crippen LogP contribution in [0.2, 0.25) is 5.02 Å². The van der Waals surface area contributed by atoms with Crippen LogP contribution in [0, 0.1) is 6.92 Å². The lowest BCUT2D eigenvalue weighted by Crippen LogP contribution is -2.49. The quantitative estimate of drug-likeness (QED) is 0.566. The van der Waals surface area contributed by atoms with Gasteiger partial charge in [0.05, 0.1) is 21.8 Å². The highest BCUT2D eigenvalue weighted by atomic mass is 35.5. The number of fused-ring (bicyclic) bond motifs is 1. The number of piperazine rings is 1. The minimum absolute atomic E-state index is 0.109. The van der Waals surface area contributed by atoms with Gasteiger partial charge in [0.2, 0.25) is 10.0 Å². The third-order valence-electron chi connectivity index (χ3n) is 6.12. The Morgan fingerprint density at radius 2 is 1.72 bits per heavy atom. The summed E-state index contributed by atoms with van der Waals surface area (Å²) in [6, 6.07) is 12.0. The van der Waals surface area contributed by atoms with Crippen molar-refractivity contribution in [1.29, 1.82) is 0 Å². The Morgan fingerprint density at radius 3 is 2.34 bits per heavy atom. The molecule has 7 nitrogen and oxygen atoms in total. The lowest BCUT2D eigenvalue weighted by Gasteiger charge is -2.37. The summed E-state index contributed by atoms with van der Waals surface area (Å²) in [5.41, 5.74) is 1.53. The van der Waals surface area contributed by atoms with E-state index >= 15 is 0 Å². The smallest absolute Gasteiger partial charge is 0.261 e. The topological polar surface area (TPSA) is 75.5 Å². The number of aromatic nitrogens is 2. The molecule has 0 aliphatic carbocycles. The van der Waals surface area contributed by atoms with Crippen LogP contribution in [0.4, 0.5) is 0 Å². The summed E-state index contributed by atoms with van der Waals surface area (Å²) >= 11 is 6.07. The monoisotopic (exact) mass is 474 g/mol. The van der Waals surface area contributed by atoms with Gasteiger partial charge in [0, 0.05) is 37.7 Å². The van der Waals surface area contributed by atoms with Crippen molar-refractivity contribution >= 4 is 32.5 Å². The Morgan fingerprint density at radius 1 is 1.06 bits per heavy atom. The molecule has 1 aromatic heterocycles. The highest BCUT2D eigenvalue weighted by Gasteiger charge is 2.31. The van der Waals surface area contributed by atoms with Crippen LogP contribution in [0.3, 0.4) is 0 Å². The number of nitrogens with zero attached hydrogens (tertiary/aromatic N) is 4. The van der Waals surface area contributed by atoms with Crippen molar-refractivity contribution in [1.82, 2.24) is 18.8 Å². The second-order valence-electron chi connectivity index (χ2n) is 8.11. The first-order valence-corrected chi connectivity index (χ1v) is 12.5. The van der Waals surface area contributed by atoms with Crippen LogP contribution >= 0.6 is 11.6 Å². The summed E-state index contributed by atoms with van der Waals surface area (Å²) in [7, 11) is -3.52. The average molecular weight is 475 g/mol. The van der Waals surface area contributed by atoms with Gasteiger partial charge in [-0.25, -0.2) is 13.4 Å². The van der Waals surface area contributed by atoms with Gasteiger partial charge in [-0.05, 0) is 51.1 Å². The second kappa shape index (κ2) is 8.94. The third kappa shape index (κ3) is 4.20. The largest absolute Gasteiger partial charge is 0.295 e. The van der Waals surface area contributed by atoms with Crippen molar-refractivity contribution in [2.45, 2.75) is 38.3 Å². The molecule has 2 heterocycles. The van der Waals surface area contributed by atoms with Gasteiger partial charge in [-0.15, -0.1) is 0 Å². The normalized spacial score (nSPS) is 17.0. The van der Waals surface area contributed by atoms with E-state index in [-0.39, 0.29) is 11.6 Å². The number of hydrogen-bond donors (Lipinski definition) is 0. The molecule has 32 heavy (non-hydrogen) atoms. The van der Waals surface area contributed by atoms with E-state index in [0.29, 0.717) is 59.4 Å². The number of rotatable bonds is 5. The van der Waals surface area contributed by atoms with Gasteiger partial charge in [0.1, 0.15) is 5.82 Å². The van der Waals surface area contributed by atoms with Gasteiger partial charge in [-0.3, -0.25) is 14.3 Å². The lowest BCUT2D eigenvalue weighted by molar-refractivity contribution is 0.138. The van der Waals surface area contributed by atoms with E-state index in [0.717, 1.165) is 5.56 Å². The maximum absolute atomic E-state index is 13.0. The molecule has 0 spiro atoms. The molecule has 1 aliphatic rings. The maximum atomic E-state index is 13.0. The van der Waals surface area contributed by atoms with Crippen molar-refractivity contribution < 1.29 is 8.42 Å². The van der Waals surface area contributed by atoms with Crippen LogP contribution in [-0.4, -0.2) is 53.4 Å². The fraction of sp³-hybridized carbons (Fsp3) is 0.391. The molecular weight excluding hydrogens is 448 g/mol. The van der Waals surface area contributed by atoms with E-state index < -0.39 is 10.0 Å². The van der Waals surface area contributed by atoms with Crippen molar-refractivity contribution in [2.24, 2.45) is 0 Å². The lowest BCUT2D eigenvalue weighted by atomic mass is 10.2. The Balaban J connectivity index is 1.56. The van der Waals surface area contributed by atoms with Crippen molar-refractivity contribution in [2.75, 3.05) is 26.2 Å². The third-order valence-corrected chi connectivity index (χ3v) is 8.26. The van der Waals surface area contributed by atoms with Crippen molar-refractivity contribution in [3.05, 3.63) is 69.2 Å². The first-order chi connectivity index (χ1) is 15.2. The number of sulfonamides is 1. The maximum Gasteiger partial charge on any atom is 0.261 e. The number of aryl methyl sites for hydroxylation is 1. The molecule has 2 aromatic carbocycles. The van der Waals surface area contributed by atoms with E-state index in [1.165, 1.54) is 4.31 Å². The van der Waals surface area contributed by atoms with Gasteiger partial charge < -0.3 is 0 Å². The van der Waals surface area contributed by atoms with Crippen molar-refractivity contribution in [3.63, 3.8) is 0 Å². The molecule has 0 radical (unpaired) electrons. The van der Waals surface area contributed by atoms with E-state index in [9.17, 15) is 13.2 Å². The Hall–Kier alpha value is -2.26.